The Bertz CT molecular complexity index is 940. The van der Waals surface area contributed by atoms with Crippen LogP contribution in [0.25, 0.3) is 21.0 Å². The van der Waals surface area contributed by atoms with Gasteiger partial charge in [0.2, 0.25) is 0 Å². The van der Waals surface area contributed by atoms with Crippen molar-refractivity contribution in [1.29, 1.82) is 0 Å². The summed E-state index contributed by atoms with van der Waals surface area (Å²) in [6.07, 6.45) is 1.81. The maximum absolute atomic E-state index is 12.8. The van der Waals surface area contributed by atoms with E-state index < -0.39 is 11.9 Å². The Morgan fingerprint density at radius 1 is 1.31 bits per heavy atom. The molecule has 134 valence electrons. The highest BCUT2D eigenvalue weighted by Gasteiger charge is 2.36. The number of carbonyl (C=O) groups is 2. The van der Waals surface area contributed by atoms with E-state index in [4.69, 9.17) is 9.52 Å². The van der Waals surface area contributed by atoms with Crippen molar-refractivity contribution in [3.63, 3.8) is 0 Å². The van der Waals surface area contributed by atoms with Crippen LogP contribution >= 0.6 is 11.3 Å². The number of nitrogens with zero attached hydrogens (tertiary/aromatic N) is 2. The predicted octanol–water partition coefficient (Wildman–Crippen LogP) is 3.88. The van der Waals surface area contributed by atoms with E-state index in [2.05, 4.69) is 4.98 Å². The van der Waals surface area contributed by atoms with E-state index in [1.807, 2.05) is 24.3 Å². The number of amides is 1. The van der Waals surface area contributed by atoms with Gasteiger partial charge in [0, 0.05) is 12.6 Å². The molecule has 1 atom stereocenters. The molecule has 1 amide bonds. The van der Waals surface area contributed by atoms with Crippen molar-refractivity contribution in [2.45, 2.75) is 25.8 Å². The molecular formula is C19H18N2O4S. The van der Waals surface area contributed by atoms with Crippen molar-refractivity contribution in [1.82, 2.24) is 9.88 Å². The molecule has 0 radical (unpaired) electrons. The first-order valence-electron chi connectivity index (χ1n) is 8.52. The number of hydrogen-bond donors (Lipinski definition) is 1. The molecule has 1 aliphatic carbocycles. The molecule has 2 aromatic heterocycles. The van der Waals surface area contributed by atoms with Gasteiger partial charge in [0.25, 0.3) is 5.91 Å². The van der Waals surface area contributed by atoms with Crippen LogP contribution < -0.4 is 0 Å². The van der Waals surface area contributed by atoms with Crippen molar-refractivity contribution in [3.8, 4) is 10.8 Å². The van der Waals surface area contributed by atoms with Crippen LogP contribution in [0.1, 0.15) is 30.3 Å². The second-order valence-electron chi connectivity index (χ2n) is 6.58. The summed E-state index contributed by atoms with van der Waals surface area (Å²) in [6.45, 7) is 1.80. The van der Waals surface area contributed by atoms with Crippen LogP contribution in [0.5, 0.6) is 0 Å². The third kappa shape index (κ3) is 3.22. The van der Waals surface area contributed by atoms with Gasteiger partial charge in [-0.3, -0.25) is 9.59 Å². The third-order valence-corrected chi connectivity index (χ3v) is 5.51. The van der Waals surface area contributed by atoms with Crippen LogP contribution in [0.3, 0.4) is 0 Å². The number of carboxylic acid groups (broad SMARTS) is 1. The molecular weight excluding hydrogens is 352 g/mol. The summed E-state index contributed by atoms with van der Waals surface area (Å²) in [5.41, 5.74) is 0.895. The van der Waals surface area contributed by atoms with E-state index in [0.29, 0.717) is 5.76 Å². The Balaban J connectivity index is 1.57. The van der Waals surface area contributed by atoms with Gasteiger partial charge in [0.15, 0.2) is 16.5 Å². The SMILES string of the molecule is CC(CN(C(=O)c1ccc(-c2nc3ccccc3s2)o1)C1CC1)C(=O)O. The molecule has 0 bridgehead atoms. The van der Waals surface area contributed by atoms with Crippen LogP contribution in [0.4, 0.5) is 0 Å². The number of aromatic nitrogens is 1. The van der Waals surface area contributed by atoms with Gasteiger partial charge >= 0.3 is 5.97 Å². The van der Waals surface area contributed by atoms with Crippen molar-refractivity contribution in [2.75, 3.05) is 6.54 Å². The maximum Gasteiger partial charge on any atom is 0.308 e. The zero-order valence-corrected chi connectivity index (χ0v) is 15.0. The Kier molecular flexibility index (Phi) is 4.24. The second kappa shape index (κ2) is 6.57. The summed E-state index contributed by atoms with van der Waals surface area (Å²) in [7, 11) is 0. The topological polar surface area (TPSA) is 83.6 Å². The monoisotopic (exact) mass is 370 g/mol. The van der Waals surface area contributed by atoms with Crippen LogP contribution in [-0.2, 0) is 4.79 Å². The molecule has 1 aliphatic rings. The molecule has 1 N–H and O–H groups in total. The van der Waals surface area contributed by atoms with Gasteiger partial charge in [-0.15, -0.1) is 11.3 Å². The second-order valence-corrected chi connectivity index (χ2v) is 7.61. The van der Waals surface area contributed by atoms with Crippen LogP contribution in [0.15, 0.2) is 40.8 Å². The predicted molar refractivity (Wildman–Crippen MR) is 98.2 cm³/mol. The van der Waals surface area contributed by atoms with Crippen molar-refractivity contribution in [3.05, 3.63) is 42.2 Å². The molecule has 2 heterocycles. The zero-order chi connectivity index (χ0) is 18.3. The fourth-order valence-electron chi connectivity index (χ4n) is 2.84. The standard InChI is InChI=1S/C19H18N2O4S/c1-11(19(23)24)10-21(12-6-7-12)18(22)15-9-8-14(25-15)17-20-13-4-2-3-5-16(13)26-17/h2-5,8-9,11-12H,6-7,10H2,1H3,(H,23,24). The van der Waals surface area contributed by atoms with Gasteiger partial charge in [0.05, 0.1) is 16.1 Å². The molecule has 1 fully saturated rings. The Morgan fingerprint density at radius 2 is 2.08 bits per heavy atom. The van der Waals surface area contributed by atoms with Crippen LogP contribution in [-0.4, -0.2) is 39.5 Å². The van der Waals surface area contributed by atoms with E-state index in [1.54, 1.807) is 24.0 Å². The molecule has 0 aliphatic heterocycles. The van der Waals surface area contributed by atoms with Gasteiger partial charge < -0.3 is 14.4 Å². The van der Waals surface area contributed by atoms with Crippen LogP contribution in [0.2, 0.25) is 0 Å². The molecule has 6 nitrogen and oxygen atoms in total. The fourth-order valence-corrected chi connectivity index (χ4v) is 3.77. The summed E-state index contributed by atoms with van der Waals surface area (Å²) < 4.78 is 6.83. The number of carbonyl (C=O) groups excluding carboxylic acids is 1. The lowest BCUT2D eigenvalue weighted by atomic mass is 10.1. The van der Waals surface area contributed by atoms with Gasteiger partial charge in [0.1, 0.15) is 0 Å². The van der Waals surface area contributed by atoms with E-state index in [-0.39, 0.29) is 24.3 Å². The molecule has 4 rings (SSSR count). The number of thiazole rings is 1. The number of carboxylic acids is 1. The molecule has 1 saturated carbocycles. The minimum atomic E-state index is -0.905. The zero-order valence-electron chi connectivity index (χ0n) is 14.2. The summed E-state index contributed by atoms with van der Waals surface area (Å²) in [5.74, 6) is -0.996. The van der Waals surface area contributed by atoms with Crippen molar-refractivity contribution in [2.24, 2.45) is 5.92 Å². The number of para-hydroxylation sites is 1. The Morgan fingerprint density at radius 3 is 2.77 bits per heavy atom. The summed E-state index contributed by atoms with van der Waals surface area (Å²) in [4.78, 5) is 30.1. The summed E-state index contributed by atoms with van der Waals surface area (Å²) in [6, 6.07) is 11.3. The lowest BCUT2D eigenvalue weighted by Crippen LogP contribution is -2.38. The average Bonchev–Trinajstić information content (AvgIpc) is 3.19. The van der Waals surface area contributed by atoms with Gasteiger partial charge in [-0.2, -0.15) is 0 Å². The number of furan rings is 1. The molecule has 7 heteroatoms. The highest BCUT2D eigenvalue weighted by atomic mass is 32.1. The smallest absolute Gasteiger partial charge is 0.308 e. The lowest BCUT2D eigenvalue weighted by molar-refractivity contribution is -0.141. The Hall–Kier alpha value is -2.67. The highest BCUT2D eigenvalue weighted by molar-refractivity contribution is 7.21. The number of hydrogen-bond acceptors (Lipinski definition) is 5. The van der Waals surface area contributed by atoms with E-state index >= 15 is 0 Å². The first kappa shape index (κ1) is 16.8. The van der Waals surface area contributed by atoms with Gasteiger partial charge in [-0.25, -0.2) is 4.98 Å². The molecule has 3 aromatic rings. The van der Waals surface area contributed by atoms with Gasteiger partial charge in [-0.05, 0) is 37.1 Å². The van der Waals surface area contributed by atoms with Crippen molar-refractivity contribution < 1.29 is 19.1 Å². The lowest BCUT2D eigenvalue weighted by Gasteiger charge is -2.23. The Labute approximate surface area is 154 Å². The molecule has 0 spiro atoms. The van der Waals surface area contributed by atoms with Crippen molar-refractivity contribution >= 4 is 33.4 Å². The first-order valence-corrected chi connectivity index (χ1v) is 9.34. The number of benzene rings is 1. The van der Waals surface area contributed by atoms with E-state index in [9.17, 15) is 9.59 Å². The van der Waals surface area contributed by atoms with E-state index in [0.717, 1.165) is 28.1 Å². The normalized spacial score (nSPS) is 15.1. The first-order chi connectivity index (χ1) is 12.5. The van der Waals surface area contributed by atoms with Gasteiger partial charge in [-0.1, -0.05) is 19.1 Å². The average molecular weight is 370 g/mol. The molecule has 26 heavy (non-hydrogen) atoms. The number of fused-ring (bicyclic) bond motifs is 1. The quantitative estimate of drug-likeness (QED) is 0.712. The molecule has 1 aromatic carbocycles. The summed E-state index contributed by atoms with van der Waals surface area (Å²) in [5, 5.41) is 9.86. The van der Waals surface area contributed by atoms with Crippen LogP contribution in [0, 0.1) is 5.92 Å². The summed E-state index contributed by atoms with van der Waals surface area (Å²) >= 11 is 1.51. The molecule has 1 unspecified atom stereocenters. The third-order valence-electron chi connectivity index (χ3n) is 4.46. The minimum Gasteiger partial charge on any atom is -0.481 e. The largest absolute Gasteiger partial charge is 0.481 e. The fraction of sp³-hybridized carbons (Fsp3) is 0.316. The minimum absolute atomic E-state index is 0.111. The van der Waals surface area contributed by atoms with E-state index in [1.165, 1.54) is 11.3 Å². The highest BCUT2D eigenvalue weighted by Crippen LogP contribution is 2.33. The maximum atomic E-state index is 12.8. The number of rotatable bonds is 6. The number of aliphatic carboxylic acids is 1. The molecule has 0 saturated heterocycles.